The molecule has 0 saturated heterocycles. The number of aliphatic hydroxyl groups excluding tert-OH is 1. The van der Waals surface area contributed by atoms with Gasteiger partial charge in [0.1, 0.15) is 0 Å². The van der Waals surface area contributed by atoms with Gasteiger partial charge >= 0.3 is 0 Å². The molecule has 0 radical (unpaired) electrons. The topological polar surface area (TPSA) is 20.2 Å². The maximum Gasteiger partial charge on any atom is 0.0551 e. The molecule has 0 aliphatic heterocycles. The molecular formula is C11H18O. The molecule has 0 aromatic rings. The molecule has 0 amide bonds. The normalized spacial score (nSPS) is 57.2. The van der Waals surface area contributed by atoms with Gasteiger partial charge in [0.25, 0.3) is 0 Å². The summed E-state index contributed by atoms with van der Waals surface area (Å²) in [6.07, 6.45) is 10.8. The van der Waals surface area contributed by atoms with Crippen molar-refractivity contribution in [2.45, 2.75) is 57.5 Å². The summed E-state index contributed by atoms with van der Waals surface area (Å²) in [5.74, 6) is 0. The van der Waals surface area contributed by atoms with Crippen LogP contribution in [0.25, 0.3) is 0 Å². The van der Waals surface area contributed by atoms with Crippen LogP contribution in [0.3, 0.4) is 0 Å². The van der Waals surface area contributed by atoms with Crippen molar-refractivity contribution in [3.8, 4) is 0 Å². The number of aliphatic hydroxyl groups is 1. The maximum atomic E-state index is 9.73. The fraction of sp³-hybridized carbons (Fsp3) is 1.00. The lowest BCUT2D eigenvalue weighted by atomic mass is 9.46. The smallest absolute Gasteiger partial charge is 0.0551 e. The van der Waals surface area contributed by atoms with Crippen molar-refractivity contribution < 1.29 is 5.11 Å². The predicted molar refractivity (Wildman–Crippen MR) is 47.8 cm³/mol. The van der Waals surface area contributed by atoms with E-state index < -0.39 is 0 Å². The van der Waals surface area contributed by atoms with E-state index in [4.69, 9.17) is 0 Å². The summed E-state index contributed by atoms with van der Waals surface area (Å²) in [5, 5.41) is 9.73. The molecule has 0 bridgehead atoms. The van der Waals surface area contributed by atoms with E-state index in [2.05, 4.69) is 0 Å². The van der Waals surface area contributed by atoms with Crippen LogP contribution in [0.2, 0.25) is 0 Å². The van der Waals surface area contributed by atoms with Gasteiger partial charge in [-0.05, 0) is 49.4 Å². The van der Waals surface area contributed by atoms with Crippen molar-refractivity contribution in [1.29, 1.82) is 0 Å². The van der Waals surface area contributed by atoms with E-state index in [1.54, 1.807) is 0 Å². The number of rotatable bonds is 0. The van der Waals surface area contributed by atoms with E-state index in [9.17, 15) is 5.11 Å². The van der Waals surface area contributed by atoms with Crippen LogP contribution < -0.4 is 0 Å². The van der Waals surface area contributed by atoms with E-state index >= 15 is 0 Å². The third kappa shape index (κ3) is 0.654. The summed E-state index contributed by atoms with van der Waals surface area (Å²) >= 11 is 0. The Bertz CT molecular complexity index is 191. The van der Waals surface area contributed by atoms with Gasteiger partial charge in [-0.2, -0.15) is 0 Å². The third-order valence-electron chi connectivity index (χ3n) is 5.02. The van der Waals surface area contributed by atoms with Crippen molar-refractivity contribution in [3.63, 3.8) is 0 Å². The van der Waals surface area contributed by atoms with Gasteiger partial charge in [-0.3, -0.25) is 0 Å². The fourth-order valence-corrected chi connectivity index (χ4v) is 4.35. The first-order chi connectivity index (χ1) is 5.77. The van der Waals surface area contributed by atoms with Crippen LogP contribution in [0.15, 0.2) is 0 Å². The van der Waals surface area contributed by atoms with Gasteiger partial charge in [-0.15, -0.1) is 0 Å². The Hall–Kier alpha value is -0.0400. The second-order valence-electron chi connectivity index (χ2n) is 5.33. The van der Waals surface area contributed by atoms with Gasteiger partial charge in [-0.25, -0.2) is 0 Å². The van der Waals surface area contributed by atoms with Crippen molar-refractivity contribution in [3.05, 3.63) is 0 Å². The lowest BCUT2D eigenvalue weighted by molar-refractivity contribution is -0.0880. The first-order valence-corrected chi connectivity index (χ1v) is 5.45. The second-order valence-corrected chi connectivity index (χ2v) is 5.33. The fourth-order valence-electron chi connectivity index (χ4n) is 4.35. The van der Waals surface area contributed by atoms with Gasteiger partial charge in [0, 0.05) is 0 Å². The molecule has 3 rings (SSSR count). The average Bonchev–Trinajstić information content (AvgIpc) is 2.25. The van der Waals surface area contributed by atoms with Crippen LogP contribution >= 0.6 is 0 Å². The van der Waals surface area contributed by atoms with Crippen LogP contribution in [0.1, 0.15) is 51.4 Å². The monoisotopic (exact) mass is 166 g/mol. The van der Waals surface area contributed by atoms with Gasteiger partial charge in [0.2, 0.25) is 0 Å². The molecular weight excluding hydrogens is 148 g/mol. The van der Waals surface area contributed by atoms with Gasteiger partial charge in [0.15, 0.2) is 0 Å². The first kappa shape index (κ1) is 7.37. The molecule has 0 spiro atoms. The Balaban J connectivity index is 1.95. The summed E-state index contributed by atoms with van der Waals surface area (Å²) < 4.78 is 0. The van der Waals surface area contributed by atoms with Crippen LogP contribution in [0.4, 0.5) is 0 Å². The van der Waals surface area contributed by atoms with E-state index in [0.29, 0.717) is 10.8 Å². The molecule has 3 aliphatic carbocycles. The molecule has 3 saturated carbocycles. The molecule has 1 nitrogen and oxygen atoms in total. The average molecular weight is 166 g/mol. The lowest BCUT2D eigenvalue weighted by Crippen LogP contribution is -2.49. The summed E-state index contributed by atoms with van der Waals surface area (Å²) in [6.45, 7) is 0. The zero-order valence-corrected chi connectivity index (χ0v) is 7.68. The first-order valence-electron chi connectivity index (χ1n) is 5.45. The molecule has 12 heavy (non-hydrogen) atoms. The minimum Gasteiger partial charge on any atom is -0.393 e. The largest absolute Gasteiger partial charge is 0.393 e. The Labute approximate surface area is 74.2 Å². The van der Waals surface area contributed by atoms with Gasteiger partial charge < -0.3 is 5.11 Å². The molecule has 0 aromatic carbocycles. The highest BCUT2D eigenvalue weighted by atomic mass is 16.3. The summed E-state index contributed by atoms with van der Waals surface area (Å²) in [4.78, 5) is 0. The van der Waals surface area contributed by atoms with Crippen molar-refractivity contribution in [2.24, 2.45) is 10.8 Å². The predicted octanol–water partition coefficient (Wildman–Crippen LogP) is 2.48. The molecule has 2 atom stereocenters. The van der Waals surface area contributed by atoms with Crippen molar-refractivity contribution >= 4 is 0 Å². The van der Waals surface area contributed by atoms with E-state index in [-0.39, 0.29) is 6.10 Å². The minimum atomic E-state index is 0.0469. The van der Waals surface area contributed by atoms with Crippen molar-refractivity contribution in [2.75, 3.05) is 0 Å². The standard InChI is InChI=1S/C11H18O/c12-9-7-10-3-1-2-4-11(10,8-9)6-5-10/h9,12H,1-8H2. The minimum absolute atomic E-state index is 0.0469. The van der Waals surface area contributed by atoms with Crippen LogP contribution in [0, 0.1) is 10.8 Å². The molecule has 3 aliphatic rings. The molecule has 1 N–H and O–H groups in total. The summed E-state index contributed by atoms with van der Waals surface area (Å²) in [6, 6.07) is 0. The quantitative estimate of drug-likeness (QED) is 0.586. The molecule has 1 heteroatoms. The van der Waals surface area contributed by atoms with E-state index in [1.165, 1.54) is 38.5 Å². The zero-order chi connectivity index (χ0) is 8.23. The maximum absolute atomic E-state index is 9.73. The summed E-state index contributed by atoms with van der Waals surface area (Å²) in [7, 11) is 0. The van der Waals surface area contributed by atoms with Crippen LogP contribution in [-0.2, 0) is 0 Å². The zero-order valence-electron chi connectivity index (χ0n) is 7.68. The highest BCUT2D eigenvalue weighted by molar-refractivity contribution is 5.14. The Kier molecular flexibility index (Phi) is 1.27. The van der Waals surface area contributed by atoms with E-state index in [1.807, 2.05) is 0 Å². The van der Waals surface area contributed by atoms with Crippen LogP contribution in [-0.4, -0.2) is 11.2 Å². The van der Waals surface area contributed by atoms with E-state index in [0.717, 1.165) is 12.8 Å². The molecule has 3 fully saturated rings. The Morgan fingerprint density at radius 2 is 1.33 bits per heavy atom. The Morgan fingerprint density at radius 3 is 1.75 bits per heavy atom. The van der Waals surface area contributed by atoms with Crippen molar-refractivity contribution in [1.82, 2.24) is 0 Å². The highest BCUT2D eigenvalue weighted by Crippen LogP contribution is 2.72. The highest BCUT2D eigenvalue weighted by Gasteiger charge is 2.63. The summed E-state index contributed by atoms with van der Waals surface area (Å²) in [5.41, 5.74) is 1.26. The molecule has 68 valence electrons. The van der Waals surface area contributed by atoms with Crippen LogP contribution in [0.5, 0.6) is 0 Å². The van der Waals surface area contributed by atoms with Gasteiger partial charge in [-0.1, -0.05) is 12.8 Å². The second kappa shape index (κ2) is 2.06. The SMILES string of the molecule is OC1CC23CCCCC2(CC3)C1. The lowest BCUT2D eigenvalue weighted by Gasteiger charge is -2.59. The number of hydrogen-bond acceptors (Lipinski definition) is 1. The van der Waals surface area contributed by atoms with Gasteiger partial charge in [0.05, 0.1) is 6.10 Å². The Morgan fingerprint density at radius 1 is 0.833 bits per heavy atom. The molecule has 0 aromatic heterocycles. The third-order valence-corrected chi connectivity index (χ3v) is 5.02. The molecule has 0 heterocycles. The number of hydrogen-bond donors (Lipinski definition) is 1. The molecule has 2 unspecified atom stereocenters.